The number of carbonyl (C=O) groups is 1. The lowest BCUT2D eigenvalue weighted by Gasteiger charge is -2.07. The number of aromatic nitrogens is 2. The number of methoxy groups -OCH3 is 2. The second-order valence-corrected chi connectivity index (χ2v) is 5.64. The fourth-order valence-electron chi connectivity index (χ4n) is 2.57. The van der Waals surface area contributed by atoms with Gasteiger partial charge in [-0.1, -0.05) is 18.2 Å². The van der Waals surface area contributed by atoms with Crippen LogP contribution in [-0.2, 0) is 4.74 Å². The topological polar surface area (TPSA) is 65.4 Å². The number of benzene rings is 2. The highest BCUT2D eigenvalue weighted by molar-refractivity contribution is 5.94. The van der Waals surface area contributed by atoms with Crippen LogP contribution in [0.3, 0.4) is 0 Å². The van der Waals surface area contributed by atoms with Gasteiger partial charge in [0.25, 0.3) is 5.91 Å². The first-order chi connectivity index (χ1) is 12.7. The van der Waals surface area contributed by atoms with Crippen molar-refractivity contribution in [2.45, 2.75) is 0 Å². The maximum atomic E-state index is 12.6. The summed E-state index contributed by atoms with van der Waals surface area (Å²) in [6.07, 6.45) is 0. The van der Waals surface area contributed by atoms with E-state index in [9.17, 15) is 4.79 Å². The first-order valence-electron chi connectivity index (χ1n) is 8.30. The summed E-state index contributed by atoms with van der Waals surface area (Å²) in [5.74, 6) is 0.576. The number of carbonyl (C=O) groups excluding carboxylic acids is 1. The quantitative estimate of drug-likeness (QED) is 0.665. The number of nitrogens with one attached hydrogen (secondary N) is 1. The molecule has 0 unspecified atom stereocenters. The number of rotatable bonds is 7. The lowest BCUT2D eigenvalue weighted by atomic mass is 10.1. The summed E-state index contributed by atoms with van der Waals surface area (Å²) < 4.78 is 11.8. The van der Waals surface area contributed by atoms with Gasteiger partial charge >= 0.3 is 0 Å². The number of hydrogen-bond donors (Lipinski definition) is 1. The molecule has 1 heterocycles. The standard InChI is InChI=1S/C20H21N3O3/c1-25-13-12-21-20(24)19-14-18(15-8-10-17(26-2)11-9-15)22-23(19)16-6-4-3-5-7-16/h3-11,14H,12-13H2,1-2H3,(H,21,24). The molecular weight excluding hydrogens is 330 g/mol. The number of ether oxygens (including phenoxy) is 2. The third-order valence-electron chi connectivity index (χ3n) is 3.92. The Morgan fingerprint density at radius 1 is 1.08 bits per heavy atom. The highest BCUT2D eigenvalue weighted by Crippen LogP contribution is 2.24. The second kappa shape index (κ2) is 8.31. The largest absolute Gasteiger partial charge is 0.497 e. The molecule has 3 aromatic rings. The second-order valence-electron chi connectivity index (χ2n) is 5.64. The van der Waals surface area contributed by atoms with Crippen LogP contribution < -0.4 is 10.1 Å². The molecule has 26 heavy (non-hydrogen) atoms. The summed E-state index contributed by atoms with van der Waals surface area (Å²) in [6.45, 7) is 0.893. The van der Waals surface area contributed by atoms with Gasteiger partial charge in [0.1, 0.15) is 11.4 Å². The fraction of sp³-hybridized carbons (Fsp3) is 0.200. The SMILES string of the molecule is COCCNC(=O)c1cc(-c2ccc(OC)cc2)nn1-c1ccccc1. The molecule has 0 spiro atoms. The van der Waals surface area contributed by atoms with Gasteiger partial charge in [-0.2, -0.15) is 5.10 Å². The molecular formula is C20H21N3O3. The van der Waals surface area contributed by atoms with Crippen LogP contribution >= 0.6 is 0 Å². The van der Waals surface area contributed by atoms with Gasteiger partial charge in [0.15, 0.2) is 0 Å². The monoisotopic (exact) mass is 351 g/mol. The molecule has 1 aromatic heterocycles. The molecule has 6 nitrogen and oxygen atoms in total. The van der Waals surface area contributed by atoms with Gasteiger partial charge in [0.05, 0.1) is 25.1 Å². The van der Waals surface area contributed by atoms with E-state index in [1.807, 2.05) is 54.6 Å². The van der Waals surface area contributed by atoms with Crippen molar-refractivity contribution in [3.63, 3.8) is 0 Å². The van der Waals surface area contributed by atoms with E-state index in [0.717, 1.165) is 17.0 Å². The smallest absolute Gasteiger partial charge is 0.270 e. The molecule has 1 amide bonds. The van der Waals surface area contributed by atoms with Crippen LogP contribution in [0.5, 0.6) is 5.75 Å². The summed E-state index contributed by atoms with van der Waals surface area (Å²) in [7, 11) is 3.23. The van der Waals surface area contributed by atoms with E-state index in [1.54, 1.807) is 25.0 Å². The Balaban J connectivity index is 1.98. The molecule has 0 aliphatic rings. The van der Waals surface area contributed by atoms with E-state index in [1.165, 1.54) is 0 Å². The van der Waals surface area contributed by atoms with Crippen molar-refractivity contribution in [3.05, 3.63) is 66.4 Å². The highest BCUT2D eigenvalue weighted by Gasteiger charge is 2.17. The number of hydrogen-bond acceptors (Lipinski definition) is 4. The Bertz CT molecular complexity index is 858. The summed E-state index contributed by atoms with van der Waals surface area (Å²) in [5, 5.41) is 7.49. The molecule has 0 aliphatic heterocycles. The maximum Gasteiger partial charge on any atom is 0.270 e. The Morgan fingerprint density at radius 2 is 1.81 bits per heavy atom. The first-order valence-corrected chi connectivity index (χ1v) is 8.30. The van der Waals surface area contributed by atoms with Crippen LogP contribution in [0.25, 0.3) is 16.9 Å². The molecule has 2 aromatic carbocycles. The third-order valence-corrected chi connectivity index (χ3v) is 3.92. The van der Waals surface area contributed by atoms with Gasteiger partial charge in [-0.05, 0) is 42.5 Å². The molecule has 1 N–H and O–H groups in total. The Hall–Kier alpha value is -3.12. The van der Waals surface area contributed by atoms with Crippen molar-refractivity contribution >= 4 is 5.91 Å². The van der Waals surface area contributed by atoms with Gasteiger partial charge in [0.2, 0.25) is 0 Å². The lowest BCUT2D eigenvalue weighted by Crippen LogP contribution is -2.28. The Kier molecular flexibility index (Phi) is 5.66. The average molecular weight is 351 g/mol. The van der Waals surface area contributed by atoms with E-state index in [2.05, 4.69) is 10.4 Å². The van der Waals surface area contributed by atoms with Crippen molar-refractivity contribution in [1.29, 1.82) is 0 Å². The van der Waals surface area contributed by atoms with Crippen molar-refractivity contribution < 1.29 is 14.3 Å². The normalized spacial score (nSPS) is 10.5. The van der Waals surface area contributed by atoms with Gasteiger partial charge in [0, 0.05) is 19.2 Å². The number of amides is 1. The molecule has 134 valence electrons. The van der Waals surface area contributed by atoms with Crippen LogP contribution in [0.1, 0.15) is 10.5 Å². The third kappa shape index (κ3) is 3.92. The molecule has 0 saturated heterocycles. The number of nitrogens with zero attached hydrogens (tertiary/aromatic N) is 2. The van der Waals surface area contributed by atoms with E-state index in [0.29, 0.717) is 24.5 Å². The summed E-state index contributed by atoms with van der Waals surface area (Å²) >= 11 is 0. The molecule has 3 rings (SSSR count). The first kappa shape index (κ1) is 17.7. The van der Waals surface area contributed by atoms with Crippen molar-refractivity contribution in [1.82, 2.24) is 15.1 Å². The van der Waals surface area contributed by atoms with Crippen LogP contribution in [0.4, 0.5) is 0 Å². The van der Waals surface area contributed by atoms with Crippen LogP contribution in [0.15, 0.2) is 60.7 Å². The zero-order valence-electron chi connectivity index (χ0n) is 14.8. The molecule has 0 saturated carbocycles. The maximum absolute atomic E-state index is 12.6. The highest BCUT2D eigenvalue weighted by atomic mass is 16.5. The van der Waals surface area contributed by atoms with Crippen molar-refractivity contribution in [2.24, 2.45) is 0 Å². The average Bonchev–Trinajstić information content (AvgIpc) is 3.14. The van der Waals surface area contributed by atoms with E-state index in [4.69, 9.17) is 9.47 Å². The van der Waals surface area contributed by atoms with Gasteiger partial charge < -0.3 is 14.8 Å². The van der Waals surface area contributed by atoms with Crippen LogP contribution in [-0.4, -0.2) is 43.1 Å². The summed E-state index contributed by atoms with van der Waals surface area (Å²) in [5.41, 5.74) is 2.92. The Labute approximate surface area is 152 Å². The molecule has 0 fully saturated rings. The molecule has 0 atom stereocenters. The van der Waals surface area contributed by atoms with Gasteiger partial charge in [-0.15, -0.1) is 0 Å². The van der Waals surface area contributed by atoms with Gasteiger partial charge in [-0.3, -0.25) is 4.79 Å². The molecule has 0 aliphatic carbocycles. The summed E-state index contributed by atoms with van der Waals surface area (Å²) in [4.78, 5) is 12.6. The Morgan fingerprint density at radius 3 is 2.46 bits per heavy atom. The lowest BCUT2D eigenvalue weighted by molar-refractivity contribution is 0.0929. The van der Waals surface area contributed by atoms with E-state index < -0.39 is 0 Å². The zero-order valence-corrected chi connectivity index (χ0v) is 14.8. The number of para-hydroxylation sites is 1. The van der Waals surface area contributed by atoms with E-state index in [-0.39, 0.29) is 5.91 Å². The zero-order chi connectivity index (χ0) is 18.4. The molecule has 6 heteroatoms. The fourth-order valence-corrected chi connectivity index (χ4v) is 2.57. The predicted octanol–water partition coefficient (Wildman–Crippen LogP) is 2.92. The van der Waals surface area contributed by atoms with Crippen molar-refractivity contribution in [2.75, 3.05) is 27.4 Å². The molecule has 0 radical (unpaired) electrons. The van der Waals surface area contributed by atoms with Crippen LogP contribution in [0, 0.1) is 0 Å². The van der Waals surface area contributed by atoms with E-state index >= 15 is 0 Å². The van der Waals surface area contributed by atoms with Gasteiger partial charge in [-0.25, -0.2) is 4.68 Å². The predicted molar refractivity (Wildman–Crippen MR) is 99.8 cm³/mol. The minimum atomic E-state index is -0.196. The molecule has 0 bridgehead atoms. The summed E-state index contributed by atoms with van der Waals surface area (Å²) in [6, 6.07) is 18.9. The van der Waals surface area contributed by atoms with Crippen molar-refractivity contribution in [3.8, 4) is 22.7 Å². The minimum Gasteiger partial charge on any atom is -0.497 e. The van der Waals surface area contributed by atoms with Crippen LogP contribution in [0.2, 0.25) is 0 Å². The minimum absolute atomic E-state index is 0.196.